The topological polar surface area (TPSA) is 30.9 Å². The molecule has 18 heavy (non-hydrogen) atoms. The quantitative estimate of drug-likeness (QED) is 0.850. The normalized spacial score (nSPS) is 23.7. The molecule has 2 heteroatoms. The Morgan fingerprint density at radius 3 is 2.78 bits per heavy atom. The molecule has 0 aliphatic heterocycles. The van der Waals surface area contributed by atoms with Crippen molar-refractivity contribution in [3.8, 4) is 0 Å². The summed E-state index contributed by atoms with van der Waals surface area (Å²) in [4.78, 5) is 0. The van der Waals surface area contributed by atoms with Crippen LogP contribution in [0.4, 0.5) is 0 Å². The Hall–Kier alpha value is -0.760. The molecule has 2 nitrogen and oxygen atoms in total. The van der Waals surface area contributed by atoms with Gasteiger partial charge in [-0.1, -0.05) is 34.1 Å². The van der Waals surface area contributed by atoms with Crippen LogP contribution in [0.1, 0.15) is 76.7 Å². The fourth-order valence-electron chi connectivity index (χ4n) is 3.47. The molecule has 0 aromatic carbocycles. The van der Waals surface area contributed by atoms with Crippen molar-refractivity contribution in [2.75, 3.05) is 0 Å². The molecule has 0 saturated carbocycles. The minimum Gasteiger partial charge on any atom is -0.348 e. The number of hydrogen-bond donors (Lipinski definition) is 1. The molecule has 0 amide bonds. The van der Waals surface area contributed by atoms with E-state index in [0.717, 1.165) is 6.42 Å². The number of rotatable bonds is 4. The van der Waals surface area contributed by atoms with Gasteiger partial charge in [0, 0.05) is 24.0 Å². The van der Waals surface area contributed by atoms with Crippen LogP contribution in [-0.2, 0) is 6.42 Å². The number of hydrogen-bond acceptors (Lipinski definition) is 1. The smallest absolute Gasteiger partial charge is 0.0330 e. The van der Waals surface area contributed by atoms with E-state index in [4.69, 9.17) is 5.73 Å². The lowest BCUT2D eigenvalue weighted by Crippen LogP contribution is -2.31. The molecule has 1 heterocycles. The predicted molar refractivity (Wildman–Crippen MR) is 77.7 cm³/mol. The van der Waals surface area contributed by atoms with E-state index in [-0.39, 0.29) is 6.04 Å². The summed E-state index contributed by atoms with van der Waals surface area (Å²) < 4.78 is 2.51. The Bertz CT molecular complexity index is 403. The molecule has 0 radical (unpaired) electrons. The van der Waals surface area contributed by atoms with Crippen molar-refractivity contribution >= 4 is 0 Å². The van der Waals surface area contributed by atoms with Crippen LogP contribution < -0.4 is 5.73 Å². The highest BCUT2D eigenvalue weighted by Crippen LogP contribution is 2.41. The maximum absolute atomic E-state index is 6.34. The molecule has 1 aliphatic carbocycles. The monoisotopic (exact) mass is 248 g/mol. The fraction of sp³-hybridized carbons (Fsp3) is 0.750. The van der Waals surface area contributed by atoms with E-state index in [1.807, 2.05) is 0 Å². The standard InChI is InChI=1S/C16H28N2/c1-5-7-12(6-2)18-9-8-13-14(17)10-16(3,4)11-15(13)18/h8-9,12,14H,5-7,10-11,17H2,1-4H3. The van der Waals surface area contributed by atoms with Gasteiger partial charge in [0.05, 0.1) is 0 Å². The van der Waals surface area contributed by atoms with Crippen molar-refractivity contribution in [1.29, 1.82) is 0 Å². The van der Waals surface area contributed by atoms with Crippen LogP contribution in [0.5, 0.6) is 0 Å². The number of nitrogens with two attached hydrogens (primary N) is 1. The highest BCUT2D eigenvalue weighted by molar-refractivity contribution is 5.30. The summed E-state index contributed by atoms with van der Waals surface area (Å²) in [6.07, 6.45) is 8.28. The lowest BCUT2D eigenvalue weighted by molar-refractivity contribution is 0.269. The molecule has 2 unspecified atom stereocenters. The van der Waals surface area contributed by atoms with Crippen LogP contribution in [0.25, 0.3) is 0 Å². The summed E-state index contributed by atoms with van der Waals surface area (Å²) in [5, 5.41) is 0. The van der Waals surface area contributed by atoms with Crippen molar-refractivity contribution in [2.24, 2.45) is 11.1 Å². The van der Waals surface area contributed by atoms with E-state index in [2.05, 4.69) is 44.5 Å². The van der Waals surface area contributed by atoms with Gasteiger partial charge in [0.25, 0.3) is 0 Å². The van der Waals surface area contributed by atoms with Gasteiger partial charge in [0.2, 0.25) is 0 Å². The third-order valence-electron chi connectivity index (χ3n) is 4.36. The molecule has 0 fully saturated rings. The number of aromatic nitrogens is 1. The van der Waals surface area contributed by atoms with Crippen LogP contribution in [0.15, 0.2) is 12.3 Å². The first-order valence-corrected chi connectivity index (χ1v) is 7.43. The first kappa shape index (κ1) is 13.7. The van der Waals surface area contributed by atoms with Crippen LogP contribution in [-0.4, -0.2) is 4.57 Å². The van der Waals surface area contributed by atoms with Crippen molar-refractivity contribution in [3.05, 3.63) is 23.5 Å². The lowest BCUT2D eigenvalue weighted by Gasteiger charge is -2.35. The Balaban J connectivity index is 2.35. The van der Waals surface area contributed by atoms with Crippen LogP contribution in [0.2, 0.25) is 0 Å². The summed E-state index contributed by atoms with van der Waals surface area (Å²) in [6, 6.07) is 3.14. The minimum atomic E-state index is 0.226. The Morgan fingerprint density at radius 1 is 1.44 bits per heavy atom. The van der Waals surface area contributed by atoms with Gasteiger partial charge in [0.1, 0.15) is 0 Å². The molecule has 1 aromatic rings. The van der Waals surface area contributed by atoms with Crippen molar-refractivity contribution < 1.29 is 0 Å². The highest BCUT2D eigenvalue weighted by atomic mass is 15.0. The second-order valence-corrected chi connectivity index (χ2v) is 6.63. The largest absolute Gasteiger partial charge is 0.348 e. The molecule has 2 N–H and O–H groups in total. The molecule has 102 valence electrons. The summed E-state index contributed by atoms with van der Waals surface area (Å²) in [7, 11) is 0. The van der Waals surface area contributed by atoms with Crippen molar-refractivity contribution in [3.63, 3.8) is 0 Å². The molecule has 1 aliphatic rings. The fourth-order valence-corrected chi connectivity index (χ4v) is 3.47. The summed E-state index contributed by atoms with van der Waals surface area (Å²) in [5.74, 6) is 0. The van der Waals surface area contributed by atoms with Crippen molar-refractivity contribution in [1.82, 2.24) is 4.57 Å². The maximum Gasteiger partial charge on any atom is 0.0330 e. The van der Waals surface area contributed by atoms with Gasteiger partial charge in [-0.2, -0.15) is 0 Å². The van der Waals surface area contributed by atoms with E-state index in [1.54, 1.807) is 0 Å². The molecular formula is C16H28N2. The molecule has 2 atom stereocenters. The summed E-state index contributed by atoms with van der Waals surface area (Å²) in [5.41, 5.74) is 9.57. The van der Waals surface area contributed by atoms with E-state index >= 15 is 0 Å². The van der Waals surface area contributed by atoms with Crippen molar-refractivity contribution in [2.45, 2.75) is 71.9 Å². The van der Waals surface area contributed by atoms with Gasteiger partial charge in [-0.25, -0.2) is 0 Å². The number of fused-ring (bicyclic) bond motifs is 1. The highest BCUT2D eigenvalue weighted by Gasteiger charge is 2.33. The molecule has 0 spiro atoms. The zero-order valence-corrected chi connectivity index (χ0v) is 12.4. The molecule has 0 saturated heterocycles. The first-order valence-electron chi connectivity index (χ1n) is 7.43. The average Bonchev–Trinajstić information content (AvgIpc) is 2.68. The zero-order valence-electron chi connectivity index (χ0n) is 12.4. The Morgan fingerprint density at radius 2 is 2.17 bits per heavy atom. The van der Waals surface area contributed by atoms with Crippen LogP contribution in [0.3, 0.4) is 0 Å². The molecule has 1 aromatic heterocycles. The second kappa shape index (κ2) is 5.08. The van der Waals surface area contributed by atoms with Gasteiger partial charge < -0.3 is 10.3 Å². The van der Waals surface area contributed by atoms with Crippen LogP contribution in [0, 0.1) is 5.41 Å². The zero-order chi connectivity index (χ0) is 13.3. The third-order valence-corrected chi connectivity index (χ3v) is 4.36. The van der Waals surface area contributed by atoms with E-state index in [1.165, 1.54) is 36.9 Å². The van der Waals surface area contributed by atoms with Gasteiger partial charge in [-0.05, 0) is 42.7 Å². The predicted octanol–water partition coefficient (Wildman–Crippen LogP) is 4.21. The van der Waals surface area contributed by atoms with Gasteiger partial charge in [-0.15, -0.1) is 0 Å². The minimum absolute atomic E-state index is 0.226. The van der Waals surface area contributed by atoms with E-state index in [9.17, 15) is 0 Å². The Labute approximate surface area is 112 Å². The van der Waals surface area contributed by atoms with Gasteiger partial charge in [0.15, 0.2) is 0 Å². The number of nitrogens with zero attached hydrogens (tertiary/aromatic N) is 1. The molecule has 0 bridgehead atoms. The second-order valence-electron chi connectivity index (χ2n) is 6.63. The molecular weight excluding hydrogens is 220 g/mol. The SMILES string of the molecule is CCCC(CC)n1ccc2c1CC(C)(C)CC2N. The average molecular weight is 248 g/mol. The van der Waals surface area contributed by atoms with Crippen LogP contribution >= 0.6 is 0 Å². The van der Waals surface area contributed by atoms with E-state index < -0.39 is 0 Å². The lowest BCUT2D eigenvalue weighted by atomic mass is 9.74. The summed E-state index contributed by atoms with van der Waals surface area (Å²) in [6.45, 7) is 9.25. The first-order chi connectivity index (χ1) is 8.48. The Kier molecular flexibility index (Phi) is 3.86. The summed E-state index contributed by atoms with van der Waals surface area (Å²) >= 11 is 0. The molecule has 2 rings (SSSR count). The maximum atomic E-state index is 6.34. The van der Waals surface area contributed by atoms with Gasteiger partial charge >= 0.3 is 0 Å². The van der Waals surface area contributed by atoms with E-state index in [0.29, 0.717) is 11.5 Å². The van der Waals surface area contributed by atoms with Gasteiger partial charge in [-0.3, -0.25) is 0 Å². The third kappa shape index (κ3) is 2.49.